The second-order valence-corrected chi connectivity index (χ2v) is 6.66. The van der Waals surface area contributed by atoms with E-state index < -0.39 is 15.8 Å². The molecule has 0 radical (unpaired) electrons. The molecule has 100 valence electrons. The molecule has 0 saturated heterocycles. The Balaban J connectivity index is 2.19. The summed E-state index contributed by atoms with van der Waals surface area (Å²) < 4.78 is 24.2. The van der Waals surface area contributed by atoms with Crippen molar-refractivity contribution >= 4 is 27.1 Å². The average Bonchev–Trinajstić information content (AvgIpc) is 2.81. The summed E-state index contributed by atoms with van der Waals surface area (Å²) in [7, 11) is -3.43. The van der Waals surface area contributed by atoms with Gasteiger partial charge in [-0.25, -0.2) is 13.4 Å². The smallest absolute Gasteiger partial charge is 0.307 e. The third-order valence-electron chi connectivity index (χ3n) is 2.46. The van der Waals surface area contributed by atoms with Crippen LogP contribution in [0.1, 0.15) is 11.3 Å². The SMILES string of the molecule is O=C(O)Cc1ccc(S(=O)(=O)Cc2cscn2)cc1. The molecule has 1 aromatic carbocycles. The van der Waals surface area contributed by atoms with Gasteiger partial charge in [-0.3, -0.25) is 4.79 Å². The number of aromatic nitrogens is 1. The number of hydrogen-bond acceptors (Lipinski definition) is 5. The van der Waals surface area contributed by atoms with E-state index in [4.69, 9.17) is 5.11 Å². The van der Waals surface area contributed by atoms with Gasteiger partial charge in [0, 0.05) is 5.38 Å². The van der Waals surface area contributed by atoms with Crippen molar-refractivity contribution in [1.29, 1.82) is 0 Å². The Bertz CT molecular complexity index is 660. The van der Waals surface area contributed by atoms with Crippen molar-refractivity contribution in [3.8, 4) is 0 Å². The number of thiazole rings is 1. The lowest BCUT2D eigenvalue weighted by Crippen LogP contribution is -2.06. The molecule has 2 rings (SSSR count). The first-order valence-electron chi connectivity index (χ1n) is 5.38. The molecule has 5 nitrogen and oxygen atoms in total. The molecule has 0 unspecified atom stereocenters. The highest BCUT2D eigenvalue weighted by Gasteiger charge is 2.16. The van der Waals surface area contributed by atoms with E-state index in [1.54, 1.807) is 10.9 Å². The minimum atomic E-state index is -3.43. The fourth-order valence-electron chi connectivity index (χ4n) is 1.58. The van der Waals surface area contributed by atoms with Crippen molar-refractivity contribution in [2.75, 3.05) is 0 Å². The Hall–Kier alpha value is -1.73. The van der Waals surface area contributed by atoms with Gasteiger partial charge in [0.25, 0.3) is 0 Å². The highest BCUT2D eigenvalue weighted by Crippen LogP contribution is 2.17. The number of benzene rings is 1. The van der Waals surface area contributed by atoms with Gasteiger partial charge >= 0.3 is 5.97 Å². The predicted octanol–water partition coefficient (Wildman–Crippen LogP) is 1.74. The van der Waals surface area contributed by atoms with E-state index in [0.29, 0.717) is 11.3 Å². The van der Waals surface area contributed by atoms with Crippen LogP contribution in [0.2, 0.25) is 0 Å². The predicted molar refractivity (Wildman–Crippen MR) is 70.8 cm³/mol. The van der Waals surface area contributed by atoms with Crippen molar-refractivity contribution in [2.24, 2.45) is 0 Å². The number of rotatable bonds is 5. The molecule has 1 heterocycles. The molecule has 7 heteroatoms. The first kappa shape index (κ1) is 13.7. The number of nitrogens with zero attached hydrogens (tertiary/aromatic N) is 1. The van der Waals surface area contributed by atoms with Crippen LogP contribution in [0, 0.1) is 0 Å². The molecule has 0 spiro atoms. The highest BCUT2D eigenvalue weighted by molar-refractivity contribution is 7.90. The summed E-state index contributed by atoms with van der Waals surface area (Å²) in [5.41, 5.74) is 2.67. The summed E-state index contributed by atoms with van der Waals surface area (Å²) in [5.74, 6) is -1.09. The molecule has 1 N–H and O–H groups in total. The lowest BCUT2D eigenvalue weighted by Gasteiger charge is -2.03. The van der Waals surface area contributed by atoms with Crippen LogP contribution in [0.3, 0.4) is 0 Å². The molecule has 19 heavy (non-hydrogen) atoms. The zero-order valence-corrected chi connectivity index (χ0v) is 11.4. The second kappa shape index (κ2) is 5.50. The van der Waals surface area contributed by atoms with Crippen LogP contribution in [-0.4, -0.2) is 24.5 Å². The third kappa shape index (κ3) is 3.62. The van der Waals surface area contributed by atoms with Gasteiger partial charge < -0.3 is 5.11 Å². The third-order valence-corrected chi connectivity index (χ3v) is 4.76. The fraction of sp³-hybridized carbons (Fsp3) is 0.167. The Labute approximate surface area is 114 Å². The molecule has 0 aliphatic rings. The zero-order valence-electron chi connectivity index (χ0n) is 9.81. The molecule has 0 saturated carbocycles. The molecule has 1 aromatic heterocycles. The molecule has 0 aliphatic heterocycles. The van der Waals surface area contributed by atoms with Crippen LogP contribution in [0.15, 0.2) is 40.1 Å². The standard InChI is InChI=1S/C12H11NO4S2/c14-12(15)5-9-1-3-11(4-2-9)19(16,17)7-10-6-18-8-13-10/h1-4,6,8H,5,7H2,(H,14,15). The summed E-state index contributed by atoms with van der Waals surface area (Å²) in [6, 6.07) is 5.89. The molecular formula is C12H11NO4S2. The zero-order chi connectivity index (χ0) is 13.9. The Morgan fingerprint density at radius 1 is 1.26 bits per heavy atom. The monoisotopic (exact) mass is 297 g/mol. The fourth-order valence-corrected chi connectivity index (χ4v) is 3.50. The van der Waals surface area contributed by atoms with Crippen LogP contribution in [0.4, 0.5) is 0 Å². The average molecular weight is 297 g/mol. The van der Waals surface area contributed by atoms with Crippen molar-refractivity contribution < 1.29 is 18.3 Å². The number of carboxylic acids is 1. The highest BCUT2D eigenvalue weighted by atomic mass is 32.2. The van der Waals surface area contributed by atoms with E-state index in [-0.39, 0.29) is 17.1 Å². The van der Waals surface area contributed by atoms with Gasteiger partial charge in [-0.2, -0.15) is 0 Å². The van der Waals surface area contributed by atoms with E-state index in [1.165, 1.54) is 35.6 Å². The largest absolute Gasteiger partial charge is 0.481 e. The number of hydrogen-bond donors (Lipinski definition) is 1. The lowest BCUT2D eigenvalue weighted by molar-refractivity contribution is -0.136. The van der Waals surface area contributed by atoms with Gasteiger partial charge in [0.05, 0.1) is 28.3 Å². The topological polar surface area (TPSA) is 84.3 Å². The van der Waals surface area contributed by atoms with Crippen molar-refractivity contribution in [1.82, 2.24) is 4.98 Å². The number of carboxylic acid groups (broad SMARTS) is 1. The number of carbonyl (C=O) groups is 1. The van der Waals surface area contributed by atoms with E-state index >= 15 is 0 Å². The van der Waals surface area contributed by atoms with Gasteiger partial charge in [-0.05, 0) is 17.7 Å². The Morgan fingerprint density at radius 3 is 2.47 bits per heavy atom. The Kier molecular flexibility index (Phi) is 3.96. The maximum absolute atomic E-state index is 12.1. The summed E-state index contributed by atoms with van der Waals surface area (Å²) >= 11 is 1.34. The van der Waals surface area contributed by atoms with Crippen molar-refractivity contribution in [3.63, 3.8) is 0 Å². The van der Waals surface area contributed by atoms with Crippen LogP contribution in [0.25, 0.3) is 0 Å². The molecule has 0 atom stereocenters. The van der Waals surface area contributed by atoms with E-state index in [9.17, 15) is 13.2 Å². The van der Waals surface area contributed by atoms with E-state index in [0.717, 1.165) is 0 Å². The second-order valence-electron chi connectivity index (χ2n) is 3.95. The van der Waals surface area contributed by atoms with E-state index in [2.05, 4.69) is 4.98 Å². The van der Waals surface area contributed by atoms with Gasteiger partial charge in [0.1, 0.15) is 0 Å². The van der Waals surface area contributed by atoms with Gasteiger partial charge in [0.2, 0.25) is 0 Å². The van der Waals surface area contributed by atoms with Crippen LogP contribution in [-0.2, 0) is 26.8 Å². The van der Waals surface area contributed by atoms with Crippen LogP contribution >= 0.6 is 11.3 Å². The Morgan fingerprint density at radius 2 is 1.95 bits per heavy atom. The summed E-state index contributed by atoms with van der Waals surface area (Å²) in [5, 5.41) is 10.3. The molecule has 0 bridgehead atoms. The molecule has 2 aromatic rings. The van der Waals surface area contributed by atoms with E-state index in [1.807, 2.05) is 0 Å². The van der Waals surface area contributed by atoms with Gasteiger partial charge in [-0.1, -0.05) is 12.1 Å². The van der Waals surface area contributed by atoms with Crippen molar-refractivity contribution in [3.05, 3.63) is 46.4 Å². The summed E-state index contributed by atoms with van der Waals surface area (Å²) in [6.07, 6.45) is -0.119. The van der Waals surface area contributed by atoms with Crippen molar-refractivity contribution in [2.45, 2.75) is 17.1 Å². The summed E-state index contributed by atoms with van der Waals surface area (Å²) in [4.78, 5) is 14.7. The molecular weight excluding hydrogens is 286 g/mol. The summed E-state index contributed by atoms with van der Waals surface area (Å²) in [6.45, 7) is 0. The van der Waals surface area contributed by atoms with Crippen LogP contribution < -0.4 is 0 Å². The normalized spacial score (nSPS) is 11.4. The minimum absolute atomic E-state index is 0.119. The number of sulfone groups is 1. The minimum Gasteiger partial charge on any atom is -0.481 e. The first-order valence-corrected chi connectivity index (χ1v) is 7.97. The first-order chi connectivity index (χ1) is 8.97. The quantitative estimate of drug-likeness (QED) is 0.908. The maximum Gasteiger partial charge on any atom is 0.307 e. The van der Waals surface area contributed by atoms with Crippen LogP contribution in [0.5, 0.6) is 0 Å². The number of aliphatic carboxylic acids is 1. The molecule has 0 amide bonds. The lowest BCUT2D eigenvalue weighted by atomic mass is 10.2. The molecule has 0 fully saturated rings. The molecule has 0 aliphatic carbocycles. The van der Waals surface area contributed by atoms with Gasteiger partial charge in [0.15, 0.2) is 9.84 Å². The van der Waals surface area contributed by atoms with Gasteiger partial charge in [-0.15, -0.1) is 11.3 Å². The maximum atomic E-state index is 12.1.